The number of methoxy groups -OCH3 is 3. The van der Waals surface area contributed by atoms with E-state index >= 15 is 0 Å². The average Bonchev–Trinajstić information content (AvgIpc) is 2.44. The van der Waals surface area contributed by atoms with Crippen LogP contribution >= 0.6 is 0 Å². The normalized spacial score (nSPS) is 9.37. The van der Waals surface area contributed by atoms with Crippen LogP contribution in [0.4, 0.5) is 0 Å². The number of nitrogens with zero attached hydrogens (tertiary/aromatic N) is 1. The van der Waals surface area contributed by atoms with Gasteiger partial charge in [0.1, 0.15) is 23.8 Å². The minimum Gasteiger partial charge on any atom is -0.496 e. The van der Waals surface area contributed by atoms with Gasteiger partial charge in [-0.1, -0.05) is 0 Å². The highest BCUT2D eigenvalue weighted by Gasteiger charge is 2.16. The Hall–Kier alpha value is -2.42. The molecular weight excluding hydrogens is 248 g/mol. The lowest BCUT2D eigenvalue weighted by Crippen LogP contribution is -2.25. The number of hydrogen-bond acceptors (Lipinski definition) is 5. The van der Waals surface area contributed by atoms with Crippen molar-refractivity contribution in [1.29, 1.82) is 5.26 Å². The molecule has 1 aromatic rings. The van der Waals surface area contributed by atoms with Crippen LogP contribution in [0.15, 0.2) is 12.1 Å². The highest BCUT2D eigenvalue weighted by atomic mass is 16.5. The fraction of sp³-hybridized carbons (Fsp3) is 0.385. The zero-order chi connectivity index (χ0) is 14.3. The Bertz CT molecular complexity index is 469. The maximum Gasteiger partial charge on any atom is 0.225 e. The minimum atomic E-state index is -0.275. The Morgan fingerprint density at radius 1 is 1.21 bits per heavy atom. The van der Waals surface area contributed by atoms with Gasteiger partial charge in [0.2, 0.25) is 5.91 Å². The van der Waals surface area contributed by atoms with Crippen molar-refractivity contribution < 1.29 is 19.0 Å². The van der Waals surface area contributed by atoms with Crippen LogP contribution in [0.3, 0.4) is 0 Å². The van der Waals surface area contributed by atoms with Gasteiger partial charge in [-0.2, -0.15) is 5.26 Å². The van der Waals surface area contributed by atoms with E-state index in [-0.39, 0.29) is 18.9 Å². The van der Waals surface area contributed by atoms with Crippen molar-refractivity contribution in [3.63, 3.8) is 0 Å². The van der Waals surface area contributed by atoms with Crippen LogP contribution in [0.25, 0.3) is 0 Å². The molecule has 0 aliphatic carbocycles. The number of rotatable bonds is 6. The van der Waals surface area contributed by atoms with Crippen LogP contribution < -0.4 is 19.5 Å². The highest BCUT2D eigenvalue weighted by Crippen LogP contribution is 2.34. The molecule has 0 heterocycles. The lowest BCUT2D eigenvalue weighted by atomic mass is 10.1. The van der Waals surface area contributed by atoms with Gasteiger partial charge in [-0.3, -0.25) is 4.79 Å². The number of carbonyl (C=O) groups is 1. The fourth-order valence-corrected chi connectivity index (χ4v) is 1.61. The van der Waals surface area contributed by atoms with E-state index in [1.165, 1.54) is 21.3 Å². The lowest BCUT2D eigenvalue weighted by molar-refractivity contribution is -0.120. The summed E-state index contributed by atoms with van der Waals surface area (Å²) in [7, 11) is 4.54. The van der Waals surface area contributed by atoms with Crippen LogP contribution in [0.2, 0.25) is 0 Å². The van der Waals surface area contributed by atoms with Crippen molar-refractivity contribution >= 4 is 5.91 Å². The van der Waals surface area contributed by atoms with E-state index in [2.05, 4.69) is 5.32 Å². The molecule has 0 fully saturated rings. The number of nitrogens with one attached hydrogen (secondary N) is 1. The van der Waals surface area contributed by atoms with Crippen molar-refractivity contribution in [2.75, 3.05) is 27.9 Å². The van der Waals surface area contributed by atoms with Crippen molar-refractivity contribution in [1.82, 2.24) is 5.32 Å². The van der Waals surface area contributed by atoms with E-state index in [1.54, 1.807) is 12.1 Å². The van der Waals surface area contributed by atoms with Gasteiger partial charge in [0, 0.05) is 17.7 Å². The number of nitriles is 1. The predicted molar refractivity (Wildman–Crippen MR) is 68.4 cm³/mol. The van der Waals surface area contributed by atoms with Crippen LogP contribution in [0.5, 0.6) is 17.2 Å². The van der Waals surface area contributed by atoms with Crippen molar-refractivity contribution in [2.45, 2.75) is 6.42 Å². The summed E-state index contributed by atoms with van der Waals surface area (Å²) in [5.41, 5.74) is 0.612. The van der Waals surface area contributed by atoms with Gasteiger partial charge in [-0.25, -0.2) is 0 Å². The molecule has 0 aromatic heterocycles. The largest absolute Gasteiger partial charge is 0.496 e. The molecule has 0 aliphatic rings. The van der Waals surface area contributed by atoms with E-state index in [0.717, 1.165) is 0 Å². The predicted octanol–water partition coefficient (Wildman–Crippen LogP) is 0.895. The first-order valence-corrected chi connectivity index (χ1v) is 5.58. The molecule has 102 valence electrons. The van der Waals surface area contributed by atoms with E-state index in [4.69, 9.17) is 19.5 Å². The summed E-state index contributed by atoms with van der Waals surface area (Å²) < 4.78 is 15.6. The van der Waals surface area contributed by atoms with Crippen LogP contribution in [0.1, 0.15) is 5.56 Å². The van der Waals surface area contributed by atoms with Crippen molar-refractivity contribution in [3.8, 4) is 23.3 Å². The molecular formula is C13H16N2O4. The van der Waals surface area contributed by atoms with Gasteiger partial charge in [0.05, 0.1) is 33.8 Å². The van der Waals surface area contributed by atoms with E-state index in [1.807, 2.05) is 6.07 Å². The summed E-state index contributed by atoms with van der Waals surface area (Å²) in [6.07, 6.45) is 0.0675. The number of hydrogen-bond donors (Lipinski definition) is 1. The first-order chi connectivity index (χ1) is 9.15. The van der Waals surface area contributed by atoms with E-state index < -0.39 is 0 Å². The van der Waals surface area contributed by atoms with Gasteiger partial charge < -0.3 is 19.5 Å². The average molecular weight is 264 g/mol. The number of carbonyl (C=O) groups excluding carboxylic acids is 1. The van der Waals surface area contributed by atoms with Gasteiger partial charge >= 0.3 is 0 Å². The fourth-order valence-electron chi connectivity index (χ4n) is 1.61. The third-order valence-corrected chi connectivity index (χ3v) is 2.52. The molecule has 0 unspecified atom stereocenters. The third-order valence-electron chi connectivity index (χ3n) is 2.52. The third kappa shape index (κ3) is 3.78. The molecule has 1 amide bonds. The highest BCUT2D eigenvalue weighted by molar-refractivity contribution is 5.80. The zero-order valence-electron chi connectivity index (χ0n) is 11.1. The van der Waals surface area contributed by atoms with Crippen molar-refractivity contribution in [3.05, 3.63) is 17.7 Å². The molecule has 0 saturated heterocycles. The molecule has 1 rings (SSSR count). The number of amides is 1. The summed E-state index contributed by atoms with van der Waals surface area (Å²) in [4.78, 5) is 11.7. The molecule has 0 bridgehead atoms. The maximum absolute atomic E-state index is 11.7. The lowest BCUT2D eigenvalue weighted by Gasteiger charge is -2.14. The molecule has 0 saturated carbocycles. The smallest absolute Gasteiger partial charge is 0.225 e. The van der Waals surface area contributed by atoms with Gasteiger partial charge in [-0.05, 0) is 0 Å². The van der Waals surface area contributed by atoms with Crippen molar-refractivity contribution in [2.24, 2.45) is 0 Å². The SMILES string of the molecule is COc1cc(OC)c(CC(=O)NCC#N)c(OC)c1. The second-order valence-corrected chi connectivity index (χ2v) is 3.62. The summed E-state index contributed by atoms with van der Waals surface area (Å²) in [5, 5.41) is 10.9. The quantitative estimate of drug-likeness (QED) is 0.772. The molecule has 6 heteroatoms. The molecule has 0 radical (unpaired) electrons. The first-order valence-electron chi connectivity index (χ1n) is 5.58. The van der Waals surface area contributed by atoms with Crippen LogP contribution in [-0.4, -0.2) is 33.8 Å². The maximum atomic E-state index is 11.7. The monoisotopic (exact) mass is 264 g/mol. The minimum absolute atomic E-state index is 0.0282. The summed E-state index contributed by atoms with van der Waals surface area (Å²) in [6.45, 7) is -0.0282. The molecule has 1 aromatic carbocycles. The Morgan fingerprint density at radius 2 is 1.79 bits per heavy atom. The molecule has 1 N–H and O–H groups in total. The van der Waals surface area contributed by atoms with Gasteiger partial charge in [0.15, 0.2) is 0 Å². The Balaban J connectivity index is 3.04. The van der Waals surface area contributed by atoms with Gasteiger partial charge in [-0.15, -0.1) is 0 Å². The summed E-state index contributed by atoms with van der Waals surface area (Å²) in [5.74, 6) is 1.31. The van der Waals surface area contributed by atoms with E-state index in [9.17, 15) is 4.79 Å². The Kier molecular flexibility index (Phi) is 5.48. The molecule has 19 heavy (non-hydrogen) atoms. The summed E-state index contributed by atoms with van der Waals surface area (Å²) >= 11 is 0. The topological polar surface area (TPSA) is 80.6 Å². The van der Waals surface area contributed by atoms with E-state index in [0.29, 0.717) is 22.8 Å². The second kappa shape index (κ2) is 7.11. The molecule has 0 atom stereocenters. The van der Waals surface area contributed by atoms with Crippen LogP contribution in [0, 0.1) is 11.3 Å². The standard InChI is InChI=1S/C13H16N2O4/c1-17-9-6-11(18-2)10(12(7-9)19-3)8-13(16)15-5-4-14/h6-7H,5,8H2,1-3H3,(H,15,16). The summed E-state index contributed by atoms with van der Waals surface area (Å²) in [6, 6.07) is 5.20. The Labute approximate surface area is 111 Å². The number of ether oxygens (including phenoxy) is 3. The molecule has 0 spiro atoms. The first kappa shape index (κ1) is 14.6. The number of benzene rings is 1. The molecule has 0 aliphatic heterocycles. The second-order valence-electron chi connectivity index (χ2n) is 3.62. The Morgan fingerprint density at radius 3 is 2.21 bits per heavy atom. The molecule has 6 nitrogen and oxygen atoms in total. The zero-order valence-corrected chi connectivity index (χ0v) is 11.1. The van der Waals surface area contributed by atoms with Crippen LogP contribution in [-0.2, 0) is 11.2 Å². The van der Waals surface area contributed by atoms with Gasteiger partial charge in [0.25, 0.3) is 0 Å².